The minimum atomic E-state index is -1.45. The maximum absolute atomic E-state index is 12.5. The Kier molecular flexibility index (Phi) is 12.0. The summed E-state index contributed by atoms with van der Waals surface area (Å²) in [5.41, 5.74) is 5.51. The van der Waals surface area contributed by atoms with Gasteiger partial charge >= 0.3 is 11.9 Å². The van der Waals surface area contributed by atoms with Gasteiger partial charge in [-0.25, -0.2) is 4.79 Å². The molecule has 0 aromatic heterocycles. The summed E-state index contributed by atoms with van der Waals surface area (Å²) < 4.78 is 0. The third-order valence-electron chi connectivity index (χ3n) is 4.15. The van der Waals surface area contributed by atoms with Crippen LogP contribution >= 0.6 is 12.6 Å². The highest BCUT2D eigenvalue weighted by atomic mass is 32.1. The second-order valence-corrected chi connectivity index (χ2v) is 7.44. The number of nitrogens with two attached hydrogens (primary N) is 1. The summed E-state index contributed by atoms with van der Waals surface area (Å²) in [5.74, 6) is -5.59. The molecule has 0 radical (unpaired) electrons. The lowest BCUT2D eigenvalue weighted by molar-refractivity contribution is -0.143. The molecule has 30 heavy (non-hydrogen) atoms. The fourth-order valence-corrected chi connectivity index (χ4v) is 2.51. The predicted octanol–water partition coefficient (Wildman–Crippen LogP) is -2.32. The largest absolute Gasteiger partial charge is 0.481 e. The van der Waals surface area contributed by atoms with E-state index >= 15 is 0 Å². The van der Waals surface area contributed by atoms with Gasteiger partial charge in [0.2, 0.25) is 17.7 Å². The number of carbonyl (C=O) groups is 5. The number of aliphatic hydroxyl groups is 1. The van der Waals surface area contributed by atoms with Gasteiger partial charge in [-0.15, -0.1) is 0 Å². The lowest BCUT2D eigenvalue weighted by Gasteiger charge is -2.26. The molecule has 172 valence electrons. The van der Waals surface area contributed by atoms with Crippen molar-refractivity contribution in [2.24, 2.45) is 11.7 Å². The van der Waals surface area contributed by atoms with Crippen LogP contribution in [0.25, 0.3) is 0 Å². The number of carboxylic acids is 2. The van der Waals surface area contributed by atoms with Gasteiger partial charge in [0, 0.05) is 12.2 Å². The Balaban J connectivity index is 5.20. The molecule has 0 saturated heterocycles. The molecule has 0 aromatic carbocycles. The van der Waals surface area contributed by atoms with Crippen LogP contribution in [-0.4, -0.2) is 81.0 Å². The monoisotopic (exact) mass is 450 g/mol. The third-order valence-corrected chi connectivity index (χ3v) is 4.51. The highest BCUT2D eigenvalue weighted by Gasteiger charge is 2.32. The van der Waals surface area contributed by atoms with E-state index in [9.17, 15) is 34.2 Å². The van der Waals surface area contributed by atoms with Crippen molar-refractivity contribution in [3.05, 3.63) is 0 Å². The van der Waals surface area contributed by atoms with E-state index in [1.807, 2.05) is 0 Å². The van der Waals surface area contributed by atoms with Crippen LogP contribution in [-0.2, 0) is 24.0 Å². The normalized spacial score (nSPS) is 16.0. The molecule has 0 spiro atoms. The third kappa shape index (κ3) is 9.41. The summed E-state index contributed by atoms with van der Waals surface area (Å²) in [6.45, 7) is 4.52. The van der Waals surface area contributed by atoms with Crippen molar-refractivity contribution in [3.63, 3.8) is 0 Å². The van der Waals surface area contributed by atoms with Crippen LogP contribution in [0.2, 0.25) is 0 Å². The van der Waals surface area contributed by atoms with Gasteiger partial charge in [-0.1, -0.05) is 13.8 Å². The number of hydrogen-bond donors (Lipinski definition) is 8. The topological polar surface area (TPSA) is 208 Å². The van der Waals surface area contributed by atoms with E-state index in [-0.39, 0.29) is 12.2 Å². The number of carbonyl (C=O) groups excluding carboxylic acids is 3. The van der Waals surface area contributed by atoms with Gasteiger partial charge < -0.3 is 37.0 Å². The summed E-state index contributed by atoms with van der Waals surface area (Å²) in [4.78, 5) is 58.9. The molecule has 0 aromatic rings. The maximum Gasteiger partial charge on any atom is 0.326 e. The average molecular weight is 451 g/mol. The van der Waals surface area contributed by atoms with Crippen LogP contribution in [0.1, 0.15) is 33.6 Å². The molecule has 3 amide bonds. The molecular weight excluding hydrogens is 420 g/mol. The summed E-state index contributed by atoms with van der Waals surface area (Å²) in [5, 5.41) is 34.2. The molecule has 0 bridgehead atoms. The van der Waals surface area contributed by atoms with Crippen molar-refractivity contribution in [2.75, 3.05) is 5.75 Å². The summed E-state index contributed by atoms with van der Waals surface area (Å²) in [6.07, 6.45) is -1.95. The molecule has 0 aliphatic carbocycles. The van der Waals surface area contributed by atoms with Crippen LogP contribution < -0.4 is 21.7 Å². The van der Waals surface area contributed by atoms with Crippen LogP contribution in [0.3, 0.4) is 0 Å². The van der Waals surface area contributed by atoms with Gasteiger partial charge in [-0.3, -0.25) is 19.2 Å². The SMILES string of the molecule is CC(C)C(NC(=O)C(CS)NC(=O)C(N)C(C)O)C(=O)NC(CCC(=O)O)C(=O)O. The van der Waals surface area contributed by atoms with Crippen LogP contribution in [0.15, 0.2) is 0 Å². The van der Waals surface area contributed by atoms with E-state index in [1.165, 1.54) is 6.92 Å². The van der Waals surface area contributed by atoms with E-state index in [4.69, 9.17) is 10.8 Å². The summed E-state index contributed by atoms with van der Waals surface area (Å²) >= 11 is 3.99. The van der Waals surface area contributed by atoms with E-state index in [0.717, 1.165) is 0 Å². The first-order chi connectivity index (χ1) is 13.8. The molecule has 5 atom stereocenters. The number of nitrogens with one attached hydrogen (secondary N) is 3. The molecule has 0 aliphatic heterocycles. The molecule has 5 unspecified atom stereocenters. The van der Waals surface area contributed by atoms with E-state index in [2.05, 4.69) is 28.6 Å². The molecule has 0 aliphatic rings. The van der Waals surface area contributed by atoms with Crippen LogP contribution in [0.5, 0.6) is 0 Å². The minimum Gasteiger partial charge on any atom is -0.481 e. The molecule has 0 rings (SSSR count). The van der Waals surface area contributed by atoms with E-state index in [1.54, 1.807) is 13.8 Å². The van der Waals surface area contributed by atoms with Gasteiger partial charge in [0.25, 0.3) is 0 Å². The highest BCUT2D eigenvalue weighted by molar-refractivity contribution is 7.80. The molecule has 0 heterocycles. The Bertz CT molecular complexity index is 643. The molecule has 0 fully saturated rings. The first-order valence-corrected chi connectivity index (χ1v) is 9.85. The van der Waals surface area contributed by atoms with Gasteiger partial charge in [0.05, 0.1) is 6.10 Å². The summed E-state index contributed by atoms with van der Waals surface area (Å²) in [7, 11) is 0. The molecule has 13 heteroatoms. The Morgan fingerprint density at radius 2 is 1.43 bits per heavy atom. The fourth-order valence-electron chi connectivity index (χ4n) is 2.26. The zero-order valence-corrected chi connectivity index (χ0v) is 17.9. The van der Waals surface area contributed by atoms with Crippen molar-refractivity contribution < 1.29 is 39.3 Å². The number of aliphatic hydroxyl groups excluding tert-OH is 1. The van der Waals surface area contributed by atoms with Gasteiger partial charge in [-0.2, -0.15) is 12.6 Å². The fraction of sp³-hybridized carbons (Fsp3) is 0.706. The van der Waals surface area contributed by atoms with Gasteiger partial charge in [-0.05, 0) is 19.3 Å². The zero-order valence-electron chi connectivity index (χ0n) is 17.0. The van der Waals surface area contributed by atoms with Crippen LogP contribution in [0.4, 0.5) is 0 Å². The van der Waals surface area contributed by atoms with Crippen molar-refractivity contribution in [1.29, 1.82) is 0 Å². The van der Waals surface area contributed by atoms with E-state index < -0.39 is 72.3 Å². The summed E-state index contributed by atoms with van der Waals surface area (Å²) in [6, 6.07) is -5.04. The smallest absolute Gasteiger partial charge is 0.326 e. The van der Waals surface area contributed by atoms with Gasteiger partial charge in [0.15, 0.2) is 0 Å². The predicted molar refractivity (Wildman–Crippen MR) is 109 cm³/mol. The first kappa shape index (κ1) is 27.6. The minimum absolute atomic E-state index is 0.132. The van der Waals surface area contributed by atoms with Crippen molar-refractivity contribution >= 4 is 42.3 Å². The van der Waals surface area contributed by atoms with Crippen molar-refractivity contribution in [3.8, 4) is 0 Å². The Morgan fingerprint density at radius 3 is 1.83 bits per heavy atom. The van der Waals surface area contributed by atoms with Crippen molar-refractivity contribution in [2.45, 2.75) is 63.9 Å². The highest BCUT2D eigenvalue weighted by Crippen LogP contribution is 2.06. The number of hydrogen-bond acceptors (Lipinski definition) is 8. The lowest BCUT2D eigenvalue weighted by Crippen LogP contribution is -2.59. The Labute approximate surface area is 179 Å². The Morgan fingerprint density at radius 1 is 0.900 bits per heavy atom. The number of carboxylic acid groups (broad SMARTS) is 2. The lowest BCUT2D eigenvalue weighted by atomic mass is 10.0. The van der Waals surface area contributed by atoms with Crippen LogP contribution in [0, 0.1) is 5.92 Å². The maximum atomic E-state index is 12.5. The number of amides is 3. The number of rotatable bonds is 13. The molecule has 12 nitrogen and oxygen atoms in total. The van der Waals surface area contributed by atoms with E-state index in [0.29, 0.717) is 0 Å². The average Bonchev–Trinajstić information content (AvgIpc) is 2.65. The Hall–Kier alpha value is -2.38. The first-order valence-electron chi connectivity index (χ1n) is 9.22. The standard InChI is InChI=1S/C17H30N4O8S/c1-7(2)13(16(27)19-9(17(28)29)4-5-11(23)24)21-14(25)10(6-30)20-15(26)12(18)8(3)22/h7-10,12-13,22,30H,4-6,18H2,1-3H3,(H,19,27)(H,20,26)(H,21,25)(H,23,24)(H,28,29). The number of aliphatic carboxylic acids is 2. The second kappa shape index (κ2) is 13.0. The van der Waals surface area contributed by atoms with Gasteiger partial charge in [0.1, 0.15) is 24.2 Å². The second-order valence-electron chi connectivity index (χ2n) is 7.07. The zero-order chi connectivity index (χ0) is 23.6. The quantitative estimate of drug-likeness (QED) is 0.141. The molecule has 8 N–H and O–H groups in total. The molecule has 0 saturated carbocycles. The molecular formula is C17H30N4O8S. The van der Waals surface area contributed by atoms with Crippen molar-refractivity contribution in [1.82, 2.24) is 16.0 Å². The number of thiol groups is 1.